The van der Waals surface area contributed by atoms with Gasteiger partial charge in [-0.3, -0.25) is 0 Å². The van der Waals surface area contributed by atoms with Crippen molar-refractivity contribution in [2.45, 2.75) is 19.8 Å². The Balaban J connectivity index is 2.39. The number of benzene rings is 2. The number of rotatable bonds is 4. The van der Waals surface area contributed by atoms with E-state index in [1.54, 1.807) is 18.2 Å². The van der Waals surface area contributed by atoms with Crippen LogP contribution in [0.2, 0.25) is 5.02 Å². The Morgan fingerprint density at radius 1 is 1.24 bits per heavy atom. The van der Waals surface area contributed by atoms with E-state index in [9.17, 15) is 0 Å². The molecular formula is C16H17ClN2O2. The molecule has 2 aromatic carbocycles. The van der Waals surface area contributed by atoms with Crippen molar-refractivity contribution in [3.8, 4) is 11.5 Å². The zero-order valence-electron chi connectivity index (χ0n) is 11.9. The van der Waals surface area contributed by atoms with E-state index in [-0.39, 0.29) is 5.84 Å². The van der Waals surface area contributed by atoms with Crippen LogP contribution in [0.25, 0.3) is 0 Å². The van der Waals surface area contributed by atoms with Gasteiger partial charge in [0.15, 0.2) is 5.84 Å². The number of nitrogens with two attached hydrogens (primary N) is 1. The summed E-state index contributed by atoms with van der Waals surface area (Å²) in [5.74, 6) is 1.49. The number of halogens is 1. The molecule has 4 nitrogen and oxygen atoms in total. The van der Waals surface area contributed by atoms with Crippen molar-refractivity contribution in [3.63, 3.8) is 0 Å². The Morgan fingerprint density at radius 3 is 2.67 bits per heavy atom. The van der Waals surface area contributed by atoms with Crippen LogP contribution in [0.1, 0.15) is 30.9 Å². The van der Waals surface area contributed by atoms with Crippen LogP contribution < -0.4 is 10.5 Å². The first-order chi connectivity index (χ1) is 10.0. The minimum Gasteiger partial charge on any atom is -0.457 e. The Hall–Kier alpha value is -2.20. The van der Waals surface area contributed by atoms with Gasteiger partial charge in [0.25, 0.3) is 0 Å². The molecule has 0 unspecified atom stereocenters. The van der Waals surface area contributed by atoms with E-state index in [1.165, 1.54) is 5.56 Å². The van der Waals surface area contributed by atoms with E-state index in [0.717, 1.165) is 0 Å². The molecular weight excluding hydrogens is 288 g/mol. The average Bonchev–Trinajstić information content (AvgIpc) is 2.47. The van der Waals surface area contributed by atoms with E-state index in [1.807, 2.05) is 24.3 Å². The molecule has 0 atom stereocenters. The highest BCUT2D eigenvalue weighted by Gasteiger charge is 2.11. The van der Waals surface area contributed by atoms with Crippen LogP contribution in [0, 0.1) is 0 Å². The molecule has 110 valence electrons. The van der Waals surface area contributed by atoms with Crippen molar-refractivity contribution >= 4 is 17.4 Å². The van der Waals surface area contributed by atoms with Crippen molar-refractivity contribution in [3.05, 3.63) is 58.6 Å². The number of amidine groups is 1. The molecule has 0 saturated carbocycles. The molecule has 21 heavy (non-hydrogen) atoms. The summed E-state index contributed by atoms with van der Waals surface area (Å²) in [6.07, 6.45) is 0. The predicted octanol–water partition coefficient (Wildman–Crippen LogP) is 4.35. The predicted molar refractivity (Wildman–Crippen MR) is 84.6 cm³/mol. The lowest BCUT2D eigenvalue weighted by Crippen LogP contribution is -2.14. The van der Waals surface area contributed by atoms with Crippen molar-refractivity contribution in [2.75, 3.05) is 0 Å². The summed E-state index contributed by atoms with van der Waals surface area (Å²) in [4.78, 5) is 0. The number of ether oxygens (including phenoxy) is 1. The van der Waals surface area contributed by atoms with Crippen LogP contribution in [0.4, 0.5) is 0 Å². The van der Waals surface area contributed by atoms with Gasteiger partial charge in [-0.15, -0.1) is 0 Å². The van der Waals surface area contributed by atoms with E-state index in [0.29, 0.717) is 28.0 Å². The second-order valence-corrected chi connectivity index (χ2v) is 5.39. The molecule has 0 aliphatic heterocycles. The third-order valence-electron chi connectivity index (χ3n) is 3.08. The van der Waals surface area contributed by atoms with Gasteiger partial charge in [0.05, 0.1) is 5.56 Å². The second-order valence-electron chi connectivity index (χ2n) is 4.95. The maximum absolute atomic E-state index is 8.84. The standard InChI is InChI=1S/C16H17ClN2O2/c1-10(2)11-4-3-5-13(8-11)21-15-9-12(17)6-7-14(15)16(18)19-20/h3-10,20H,1-2H3,(H2,18,19). The normalized spacial score (nSPS) is 11.7. The molecule has 0 fully saturated rings. The maximum Gasteiger partial charge on any atom is 0.173 e. The van der Waals surface area contributed by atoms with Gasteiger partial charge in [-0.1, -0.05) is 42.7 Å². The first-order valence-corrected chi connectivity index (χ1v) is 6.94. The Morgan fingerprint density at radius 2 is 2.00 bits per heavy atom. The van der Waals surface area contributed by atoms with Gasteiger partial charge in [0, 0.05) is 11.1 Å². The fraction of sp³-hybridized carbons (Fsp3) is 0.188. The highest BCUT2D eigenvalue weighted by Crippen LogP contribution is 2.30. The van der Waals surface area contributed by atoms with Gasteiger partial charge in [-0.2, -0.15) is 0 Å². The fourth-order valence-electron chi connectivity index (χ4n) is 1.91. The maximum atomic E-state index is 8.84. The molecule has 2 rings (SSSR count). The molecule has 3 N–H and O–H groups in total. The monoisotopic (exact) mass is 304 g/mol. The minimum atomic E-state index is -0.0262. The molecule has 0 bridgehead atoms. The van der Waals surface area contributed by atoms with Gasteiger partial charge < -0.3 is 15.7 Å². The number of nitrogens with zero attached hydrogens (tertiary/aromatic N) is 1. The minimum absolute atomic E-state index is 0.0262. The summed E-state index contributed by atoms with van der Waals surface area (Å²) in [6.45, 7) is 4.22. The number of hydrogen-bond donors (Lipinski definition) is 2. The Kier molecular flexibility index (Phi) is 4.70. The van der Waals surface area contributed by atoms with Crippen molar-refractivity contribution in [1.82, 2.24) is 0 Å². The van der Waals surface area contributed by atoms with Gasteiger partial charge >= 0.3 is 0 Å². The molecule has 0 aliphatic carbocycles. The summed E-state index contributed by atoms with van der Waals surface area (Å²) >= 11 is 5.99. The summed E-state index contributed by atoms with van der Waals surface area (Å²) in [6, 6.07) is 12.7. The molecule has 0 saturated heterocycles. The van der Waals surface area contributed by atoms with Crippen molar-refractivity contribution < 1.29 is 9.94 Å². The molecule has 0 spiro atoms. The smallest absolute Gasteiger partial charge is 0.173 e. The molecule has 0 aliphatic rings. The number of hydrogen-bond acceptors (Lipinski definition) is 3. The van der Waals surface area contributed by atoms with E-state index < -0.39 is 0 Å². The summed E-state index contributed by atoms with van der Waals surface area (Å²) < 4.78 is 5.85. The fourth-order valence-corrected chi connectivity index (χ4v) is 2.07. The van der Waals surface area contributed by atoms with Crippen LogP contribution in [0.5, 0.6) is 11.5 Å². The molecule has 0 radical (unpaired) electrons. The van der Waals surface area contributed by atoms with Crippen LogP contribution in [-0.4, -0.2) is 11.0 Å². The third-order valence-corrected chi connectivity index (χ3v) is 3.32. The quantitative estimate of drug-likeness (QED) is 0.382. The van der Waals surface area contributed by atoms with Crippen LogP contribution in [0.15, 0.2) is 47.6 Å². The average molecular weight is 305 g/mol. The van der Waals surface area contributed by atoms with E-state index in [2.05, 4.69) is 19.0 Å². The molecule has 2 aromatic rings. The first kappa shape index (κ1) is 15.2. The molecule has 0 amide bonds. The highest BCUT2D eigenvalue weighted by atomic mass is 35.5. The summed E-state index contributed by atoms with van der Waals surface area (Å²) in [7, 11) is 0. The third kappa shape index (κ3) is 3.67. The van der Waals surface area contributed by atoms with E-state index >= 15 is 0 Å². The SMILES string of the molecule is CC(C)c1cccc(Oc2cc(Cl)ccc2C(N)=NO)c1. The van der Waals surface area contributed by atoms with Gasteiger partial charge in [0.1, 0.15) is 11.5 Å². The summed E-state index contributed by atoms with van der Waals surface area (Å²) in [5, 5.41) is 12.4. The van der Waals surface area contributed by atoms with Crippen LogP contribution >= 0.6 is 11.6 Å². The molecule has 0 aromatic heterocycles. The topological polar surface area (TPSA) is 67.8 Å². The van der Waals surface area contributed by atoms with Gasteiger partial charge in [0.2, 0.25) is 0 Å². The lowest BCUT2D eigenvalue weighted by Gasteiger charge is -2.12. The lowest BCUT2D eigenvalue weighted by atomic mass is 10.0. The van der Waals surface area contributed by atoms with Crippen molar-refractivity contribution in [2.24, 2.45) is 10.9 Å². The van der Waals surface area contributed by atoms with E-state index in [4.69, 9.17) is 27.3 Å². The zero-order valence-corrected chi connectivity index (χ0v) is 12.6. The summed E-state index contributed by atoms with van der Waals surface area (Å²) in [5.41, 5.74) is 7.30. The first-order valence-electron chi connectivity index (χ1n) is 6.56. The Labute approximate surface area is 128 Å². The van der Waals surface area contributed by atoms with Crippen LogP contribution in [0.3, 0.4) is 0 Å². The van der Waals surface area contributed by atoms with Gasteiger partial charge in [-0.25, -0.2) is 0 Å². The lowest BCUT2D eigenvalue weighted by molar-refractivity contribution is 0.318. The second kappa shape index (κ2) is 6.50. The number of oxime groups is 1. The largest absolute Gasteiger partial charge is 0.457 e. The Bertz CT molecular complexity index is 669. The van der Waals surface area contributed by atoms with Crippen LogP contribution in [-0.2, 0) is 0 Å². The molecule has 5 heteroatoms. The van der Waals surface area contributed by atoms with Gasteiger partial charge in [-0.05, 0) is 35.7 Å². The zero-order chi connectivity index (χ0) is 15.4. The van der Waals surface area contributed by atoms with Crippen molar-refractivity contribution in [1.29, 1.82) is 0 Å². The highest BCUT2D eigenvalue weighted by molar-refractivity contribution is 6.30. The molecule has 0 heterocycles.